The Hall–Kier alpha value is -4.59. The number of nitrogens with two attached hydrogens (primary N) is 1. The van der Waals surface area contributed by atoms with E-state index in [1.807, 2.05) is 97.1 Å². The molecule has 0 spiro atoms. The Labute approximate surface area is 208 Å². The topological polar surface area (TPSA) is 113 Å². The molecule has 0 saturated carbocycles. The second-order valence-electron chi connectivity index (χ2n) is 8.33. The zero-order chi connectivity index (χ0) is 24.9. The van der Waals surface area contributed by atoms with Gasteiger partial charge in [-0.05, 0) is 52.2 Å². The molecule has 0 aliphatic heterocycles. The Balaban J connectivity index is 1.41. The number of anilines is 2. The summed E-state index contributed by atoms with van der Waals surface area (Å²) in [5.74, 6) is 0.328. The van der Waals surface area contributed by atoms with Gasteiger partial charge in [-0.3, -0.25) is 5.32 Å². The average molecular weight is 476 g/mol. The van der Waals surface area contributed by atoms with Gasteiger partial charge >= 0.3 is 6.03 Å². The van der Waals surface area contributed by atoms with Crippen LogP contribution in [-0.4, -0.2) is 27.9 Å². The number of aliphatic hydroxyl groups is 1. The summed E-state index contributed by atoms with van der Waals surface area (Å²) in [5, 5.41) is 26.7. The largest absolute Gasteiger partial charge is 0.387 e. The van der Waals surface area contributed by atoms with Gasteiger partial charge in [0.05, 0.1) is 17.5 Å². The van der Waals surface area contributed by atoms with Crippen LogP contribution in [0.3, 0.4) is 0 Å². The standard InChI is InChI=1S/C29H25N5O2/c30-18-27(35)24-17-21-11-5-4-10-20(21)16-23(24)22-12-6-7-13-26(22)31-29(36)32-28-15-14-25(33-34-28)19-8-2-1-3-9-19/h1-17,27,35H,18,30H2,(H2,31,32,34,36). The lowest BCUT2D eigenvalue weighted by Crippen LogP contribution is -2.21. The monoisotopic (exact) mass is 475 g/mol. The summed E-state index contributed by atoms with van der Waals surface area (Å²) >= 11 is 0. The third-order valence-corrected chi connectivity index (χ3v) is 5.94. The first-order valence-corrected chi connectivity index (χ1v) is 11.6. The van der Waals surface area contributed by atoms with Crippen molar-refractivity contribution in [1.82, 2.24) is 10.2 Å². The van der Waals surface area contributed by atoms with E-state index in [4.69, 9.17) is 5.73 Å². The highest BCUT2D eigenvalue weighted by atomic mass is 16.3. The maximum Gasteiger partial charge on any atom is 0.324 e. The van der Waals surface area contributed by atoms with Crippen LogP contribution in [0.1, 0.15) is 11.7 Å². The predicted molar refractivity (Wildman–Crippen MR) is 144 cm³/mol. The maximum absolute atomic E-state index is 12.8. The molecule has 0 radical (unpaired) electrons. The third kappa shape index (κ3) is 4.93. The van der Waals surface area contributed by atoms with Crippen molar-refractivity contribution in [2.24, 2.45) is 5.73 Å². The van der Waals surface area contributed by atoms with Crippen molar-refractivity contribution in [3.05, 3.63) is 109 Å². The fourth-order valence-electron chi connectivity index (χ4n) is 4.15. The first-order chi connectivity index (χ1) is 17.6. The molecule has 5 aromatic rings. The third-order valence-electron chi connectivity index (χ3n) is 5.94. The first kappa shape index (κ1) is 23.2. The van der Waals surface area contributed by atoms with Crippen LogP contribution in [-0.2, 0) is 0 Å². The number of rotatable bonds is 6. The van der Waals surface area contributed by atoms with Crippen LogP contribution in [0.15, 0.2) is 103 Å². The number of fused-ring (bicyclic) bond motifs is 1. The minimum Gasteiger partial charge on any atom is -0.387 e. The summed E-state index contributed by atoms with van der Waals surface area (Å²) in [5.41, 5.74) is 10.3. The van der Waals surface area contributed by atoms with Gasteiger partial charge in [0.2, 0.25) is 0 Å². The van der Waals surface area contributed by atoms with Crippen LogP contribution >= 0.6 is 0 Å². The van der Waals surface area contributed by atoms with Gasteiger partial charge in [-0.25, -0.2) is 4.79 Å². The molecule has 36 heavy (non-hydrogen) atoms. The zero-order valence-corrected chi connectivity index (χ0v) is 19.4. The second kappa shape index (κ2) is 10.4. The Morgan fingerprint density at radius 2 is 1.47 bits per heavy atom. The van der Waals surface area contributed by atoms with Crippen LogP contribution < -0.4 is 16.4 Å². The number of para-hydroxylation sites is 1. The van der Waals surface area contributed by atoms with E-state index in [2.05, 4.69) is 20.8 Å². The molecule has 7 nitrogen and oxygen atoms in total. The molecule has 0 bridgehead atoms. The molecule has 5 N–H and O–H groups in total. The predicted octanol–water partition coefficient (Wildman–Crippen LogP) is 5.60. The summed E-state index contributed by atoms with van der Waals surface area (Å²) in [4.78, 5) is 12.8. The van der Waals surface area contributed by atoms with Crippen molar-refractivity contribution in [2.45, 2.75) is 6.10 Å². The van der Waals surface area contributed by atoms with E-state index in [0.717, 1.165) is 27.5 Å². The molecule has 0 aliphatic carbocycles. The number of nitrogens with zero attached hydrogens (tertiary/aromatic N) is 2. The molecule has 1 heterocycles. The molecule has 1 atom stereocenters. The van der Waals surface area contributed by atoms with Gasteiger partial charge in [0.15, 0.2) is 5.82 Å². The lowest BCUT2D eigenvalue weighted by atomic mass is 9.91. The van der Waals surface area contributed by atoms with Gasteiger partial charge in [0.1, 0.15) is 0 Å². The summed E-state index contributed by atoms with van der Waals surface area (Å²) in [6.07, 6.45) is -0.843. The van der Waals surface area contributed by atoms with Gasteiger partial charge in [-0.1, -0.05) is 72.8 Å². The van der Waals surface area contributed by atoms with Crippen molar-refractivity contribution in [3.8, 4) is 22.4 Å². The number of nitrogens with one attached hydrogen (secondary N) is 2. The Morgan fingerprint density at radius 3 is 2.19 bits per heavy atom. The highest BCUT2D eigenvalue weighted by molar-refractivity contribution is 6.03. The number of hydrogen-bond acceptors (Lipinski definition) is 5. The summed E-state index contributed by atoms with van der Waals surface area (Å²) in [7, 11) is 0. The van der Waals surface area contributed by atoms with E-state index >= 15 is 0 Å². The van der Waals surface area contributed by atoms with E-state index in [0.29, 0.717) is 22.8 Å². The number of amides is 2. The summed E-state index contributed by atoms with van der Waals surface area (Å²) in [6, 6.07) is 32.1. The van der Waals surface area contributed by atoms with Gasteiger partial charge in [-0.15, -0.1) is 10.2 Å². The molecule has 1 aromatic heterocycles. The lowest BCUT2D eigenvalue weighted by Gasteiger charge is -2.19. The van der Waals surface area contributed by atoms with Crippen LogP contribution in [0.4, 0.5) is 16.3 Å². The normalized spacial score (nSPS) is 11.7. The van der Waals surface area contributed by atoms with Gasteiger partial charge in [0, 0.05) is 17.7 Å². The number of carbonyl (C=O) groups excluding carboxylic acids is 1. The van der Waals surface area contributed by atoms with Crippen LogP contribution in [0.2, 0.25) is 0 Å². The molecule has 178 valence electrons. The van der Waals surface area contributed by atoms with Gasteiger partial charge in [-0.2, -0.15) is 0 Å². The highest BCUT2D eigenvalue weighted by Gasteiger charge is 2.17. The van der Waals surface area contributed by atoms with Gasteiger partial charge < -0.3 is 16.2 Å². The molecule has 5 rings (SSSR count). The molecular weight excluding hydrogens is 450 g/mol. The van der Waals surface area contributed by atoms with Crippen LogP contribution in [0.25, 0.3) is 33.2 Å². The number of urea groups is 1. The fourth-order valence-corrected chi connectivity index (χ4v) is 4.15. The highest BCUT2D eigenvalue weighted by Crippen LogP contribution is 2.36. The summed E-state index contributed by atoms with van der Waals surface area (Å²) in [6.45, 7) is 0.0824. The summed E-state index contributed by atoms with van der Waals surface area (Å²) < 4.78 is 0. The minimum atomic E-state index is -0.843. The SMILES string of the molecule is NCC(O)c1cc2ccccc2cc1-c1ccccc1NC(=O)Nc1ccc(-c2ccccc2)nn1. The number of aliphatic hydroxyl groups excluding tert-OH is 1. The molecule has 0 saturated heterocycles. The maximum atomic E-state index is 12.8. The van der Waals surface area contributed by atoms with Gasteiger partial charge in [0.25, 0.3) is 0 Å². The smallest absolute Gasteiger partial charge is 0.324 e. The Bertz CT molecular complexity index is 1500. The van der Waals surface area contributed by atoms with E-state index in [-0.39, 0.29) is 6.54 Å². The molecule has 0 fully saturated rings. The number of benzene rings is 4. The lowest BCUT2D eigenvalue weighted by molar-refractivity contribution is 0.187. The first-order valence-electron chi connectivity index (χ1n) is 11.6. The number of hydrogen-bond donors (Lipinski definition) is 4. The molecule has 2 amide bonds. The Kier molecular flexibility index (Phi) is 6.66. The van der Waals surface area contributed by atoms with Crippen LogP contribution in [0.5, 0.6) is 0 Å². The molecule has 7 heteroatoms. The zero-order valence-electron chi connectivity index (χ0n) is 19.4. The van der Waals surface area contributed by atoms with Crippen molar-refractivity contribution in [3.63, 3.8) is 0 Å². The molecule has 1 unspecified atom stereocenters. The van der Waals surface area contributed by atoms with E-state index in [9.17, 15) is 9.90 Å². The number of carbonyl (C=O) groups is 1. The van der Waals surface area contributed by atoms with E-state index in [1.165, 1.54) is 0 Å². The molecule has 0 aliphatic rings. The van der Waals surface area contributed by atoms with Crippen molar-refractivity contribution >= 4 is 28.3 Å². The van der Waals surface area contributed by atoms with Crippen molar-refractivity contribution in [2.75, 3.05) is 17.2 Å². The second-order valence-corrected chi connectivity index (χ2v) is 8.33. The van der Waals surface area contributed by atoms with Crippen molar-refractivity contribution in [1.29, 1.82) is 0 Å². The fraction of sp³-hybridized carbons (Fsp3) is 0.0690. The quantitative estimate of drug-likeness (QED) is 0.255. The Morgan fingerprint density at radius 1 is 0.778 bits per heavy atom. The van der Waals surface area contributed by atoms with Crippen molar-refractivity contribution < 1.29 is 9.90 Å². The average Bonchev–Trinajstić information content (AvgIpc) is 2.93. The van der Waals surface area contributed by atoms with E-state index < -0.39 is 12.1 Å². The van der Waals surface area contributed by atoms with E-state index in [1.54, 1.807) is 6.07 Å². The minimum absolute atomic E-state index is 0.0824. The molecular formula is C29H25N5O2. The van der Waals surface area contributed by atoms with Crippen LogP contribution in [0, 0.1) is 0 Å². The molecule has 4 aromatic carbocycles. The number of aromatic nitrogens is 2.